The van der Waals surface area contributed by atoms with Crippen LogP contribution < -0.4 is 5.32 Å². The Hall–Kier alpha value is -1.94. The van der Waals surface area contributed by atoms with E-state index >= 15 is 0 Å². The van der Waals surface area contributed by atoms with E-state index in [0.29, 0.717) is 22.9 Å². The first-order valence-corrected chi connectivity index (χ1v) is 6.79. The van der Waals surface area contributed by atoms with Crippen molar-refractivity contribution in [3.63, 3.8) is 0 Å². The van der Waals surface area contributed by atoms with Crippen LogP contribution in [0.3, 0.4) is 0 Å². The number of benzene rings is 2. The minimum atomic E-state index is -0.233. The molecule has 0 saturated carbocycles. The van der Waals surface area contributed by atoms with E-state index in [0.717, 1.165) is 0 Å². The molecule has 1 N–H and O–H groups in total. The maximum absolute atomic E-state index is 13.5. The Balaban J connectivity index is 1.99. The van der Waals surface area contributed by atoms with Gasteiger partial charge in [-0.2, -0.15) is 0 Å². The Kier molecular flexibility index (Phi) is 4.69. The Morgan fingerprint density at radius 3 is 2.55 bits per heavy atom. The van der Waals surface area contributed by atoms with E-state index in [1.165, 1.54) is 11.6 Å². The van der Waals surface area contributed by atoms with Gasteiger partial charge in [0.05, 0.1) is 0 Å². The average molecular weight is 288 g/mol. The van der Waals surface area contributed by atoms with Crippen molar-refractivity contribution in [2.75, 3.05) is 12.4 Å². The summed E-state index contributed by atoms with van der Waals surface area (Å²) in [6, 6.07) is 15.1. The summed E-state index contributed by atoms with van der Waals surface area (Å²) in [4.78, 5) is 1.92. The third-order valence-electron chi connectivity index (χ3n) is 3.03. The lowest BCUT2D eigenvalue weighted by molar-refractivity contribution is 0.508. The fourth-order valence-corrected chi connectivity index (χ4v) is 2.00. The topological polar surface area (TPSA) is 15.3 Å². The molecule has 2 aromatic carbocycles. The fourth-order valence-electron chi connectivity index (χ4n) is 1.82. The number of hydrogen-bond acceptors (Lipinski definition) is 1. The summed E-state index contributed by atoms with van der Waals surface area (Å²) >= 11 is 5.33. The molecular weight excluding hydrogens is 271 g/mol. The van der Waals surface area contributed by atoms with Gasteiger partial charge in [-0.25, -0.2) is 4.39 Å². The molecule has 104 valence electrons. The SMILES string of the molecule is Cc1ccc(NC(=S)N(C)Cc2ccccc2)cc1F. The summed E-state index contributed by atoms with van der Waals surface area (Å²) in [5, 5.41) is 3.61. The van der Waals surface area contributed by atoms with Crippen molar-refractivity contribution in [1.82, 2.24) is 4.90 Å². The van der Waals surface area contributed by atoms with Crippen LogP contribution in [-0.2, 0) is 6.54 Å². The molecule has 2 nitrogen and oxygen atoms in total. The van der Waals surface area contributed by atoms with Gasteiger partial charge < -0.3 is 10.2 Å². The van der Waals surface area contributed by atoms with Gasteiger partial charge in [-0.15, -0.1) is 0 Å². The maximum atomic E-state index is 13.5. The highest BCUT2D eigenvalue weighted by molar-refractivity contribution is 7.80. The van der Waals surface area contributed by atoms with Gasteiger partial charge in [0.1, 0.15) is 5.82 Å². The Bertz CT molecular complexity index is 599. The van der Waals surface area contributed by atoms with Crippen LogP contribution >= 0.6 is 12.2 Å². The molecule has 20 heavy (non-hydrogen) atoms. The summed E-state index contributed by atoms with van der Waals surface area (Å²) in [6.45, 7) is 2.44. The van der Waals surface area contributed by atoms with E-state index in [-0.39, 0.29) is 5.82 Å². The van der Waals surface area contributed by atoms with Crippen LogP contribution in [0.25, 0.3) is 0 Å². The Labute approximate surface area is 124 Å². The molecule has 0 bridgehead atoms. The second-order valence-electron chi connectivity index (χ2n) is 4.74. The lowest BCUT2D eigenvalue weighted by atomic mass is 10.2. The first-order chi connectivity index (χ1) is 9.56. The smallest absolute Gasteiger partial charge is 0.173 e. The molecule has 0 spiro atoms. The van der Waals surface area contributed by atoms with Gasteiger partial charge in [0.25, 0.3) is 0 Å². The minimum absolute atomic E-state index is 0.233. The predicted molar refractivity (Wildman–Crippen MR) is 85.3 cm³/mol. The third-order valence-corrected chi connectivity index (χ3v) is 3.45. The molecule has 0 amide bonds. The third kappa shape index (κ3) is 3.78. The van der Waals surface area contributed by atoms with Crippen LogP contribution in [0.2, 0.25) is 0 Å². The van der Waals surface area contributed by atoms with Crippen LogP contribution in [0, 0.1) is 12.7 Å². The van der Waals surface area contributed by atoms with Crippen molar-refractivity contribution in [2.24, 2.45) is 0 Å². The Morgan fingerprint density at radius 1 is 1.20 bits per heavy atom. The highest BCUT2D eigenvalue weighted by Crippen LogP contribution is 2.14. The average Bonchev–Trinajstić information content (AvgIpc) is 2.44. The number of nitrogens with one attached hydrogen (secondary N) is 1. The molecule has 0 atom stereocenters. The van der Waals surface area contributed by atoms with Crippen LogP contribution in [-0.4, -0.2) is 17.1 Å². The number of nitrogens with zero attached hydrogens (tertiary/aromatic N) is 1. The number of thiocarbonyl (C=S) groups is 1. The zero-order valence-electron chi connectivity index (χ0n) is 11.6. The van der Waals surface area contributed by atoms with Gasteiger partial charge in [-0.05, 0) is 42.4 Å². The van der Waals surface area contributed by atoms with Gasteiger partial charge in [-0.1, -0.05) is 36.4 Å². The lowest BCUT2D eigenvalue weighted by Gasteiger charge is -2.21. The van der Waals surface area contributed by atoms with Gasteiger partial charge >= 0.3 is 0 Å². The monoisotopic (exact) mass is 288 g/mol. The number of hydrogen-bond donors (Lipinski definition) is 1. The first-order valence-electron chi connectivity index (χ1n) is 6.38. The summed E-state index contributed by atoms with van der Waals surface area (Å²) in [5.41, 5.74) is 2.46. The van der Waals surface area contributed by atoms with E-state index in [2.05, 4.69) is 5.32 Å². The molecule has 0 radical (unpaired) electrons. The van der Waals surface area contributed by atoms with E-state index in [4.69, 9.17) is 12.2 Å². The molecule has 0 aromatic heterocycles. The van der Waals surface area contributed by atoms with E-state index < -0.39 is 0 Å². The minimum Gasteiger partial charge on any atom is -0.348 e. The van der Waals surface area contributed by atoms with Crippen molar-refractivity contribution in [3.05, 3.63) is 65.5 Å². The van der Waals surface area contributed by atoms with E-state index in [1.54, 1.807) is 13.0 Å². The van der Waals surface area contributed by atoms with Gasteiger partial charge in [0, 0.05) is 19.3 Å². The largest absolute Gasteiger partial charge is 0.348 e. The zero-order valence-corrected chi connectivity index (χ0v) is 12.4. The molecule has 0 aliphatic heterocycles. The van der Waals surface area contributed by atoms with Crippen LogP contribution in [0.5, 0.6) is 0 Å². The Morgan fingerprint density at radius 2 is 1.90 bits per heavy atom. The van der Waals surface area contributed by atoms with E-state index in [1.807, 2.05) is 48.3 Å². The quantitative estimate of drug-likeness (QED) is 0.861. The number of halogens is 1. The summed E-state index contributed by atoms with van der Waals surface area (Å²) in [7, 11) is 1.91. The van der Waals surface area contributed by atoms with Gasteiger partial charge in [0.15, 0.2) is 5.11 Å². The molecule has 2 aromatic rings. The molecule has 0 unspecified atom stereocenters. The highest BCUT2D eigenvalue weighted by Gasteiger charge is 2.06. The van der Waals surface area contributed by atoms with Crippen LogP contribution in [0.4, 0.5) is 10.1 Å². The molecule has 2 rings (SSSR count). The molecular formula is C16H17FN2S. The van der Waals surface area contributed by atoms with Crippen molar-refractivity contribution in [3.8, 4) is 0 Å². The van der Waals surface area contributed by atoms with Crippen molar-refractivity contribution in [2.45, 2.75) is 13.5 Å². The van der Waals surface area contributed by atoms with Gasteiger partial charge in [0.2, 0.25) is 0 Å². The number of rotatable bonds is 3. The summed E-state index contributed by atoms with van der Waals surface area (Å²) in [5.74, 6) is -0.233. The number of anilines is 1. The van der Waals surface area contributed by atoms with Crippen molar-refractivity contribution in [1.29, 1.82) is 0 Å². The molecule has 0 saturated heterocycles. The van der Waals surface area contributed by atoms with E-state index in [9.17, 15) is 4.39 Å². The molecule has 0 fully saturated rings. The second kappa shape index (κ2) is 6.48. The van der Waals surface area contributed by atoms with Crippen molar-refractivity contribution < 1.29 is 4.39 Å². The second-order valence-corrected chi connectivity index (χ2v) is 5.12. The van der Waals surface area contributed by atoms with Crippen LogP contribution in [0.1, 0.15) is 11.1 Å². The normalized spacial score (nSPS) is 10.2. The zero-order chi connectivity index (χ0) is 14.5. The standard InChI is InChI=1S/C16H17FN2S/c1-12-8-9-14(10-15(12)17)18-16(20)19(2)11-13-6-4-3-5-7-13/h3-10H,11H2,1-2H3,(H,18,20). The summed E-state index contributed by atoms with van der Waals surface area (Å²) in [6.07, 6.45) is 0. The predicted octanol–water partition coefficient (Wildman–Crippen LogP) is 3.96. The van der Waals surface area contributed by atoms with Gasteiger partial charge in [-0.3, -0.25) is 0 Å². The lowest BCUT2D eigenvalue weighted by Crippen LogP contribution is -2.30. The maximum Gasteiger partial charge on any atom is 0.173 e. The fraction of sp³-hybridized carbons (Fsp3) is 0.188. The van der Waals surface area contributed by atoms with Crippen molar-refractivity contribution >= 4 is 23.0 Å². The molecule has 4 heteroatoms. The highest BCUT2D eigenvalue weighted by atomic mass is 32.1. The summed E-state index contributed by atoms with van der Waals surface area (Å²) < 4.78 is 13.5. The molecule has 0 aliphatic carbocycles. The molecule has 0 heterocycles. The number of aryl methyl sites for hydroxylation is 1. The van der Waals surface area contributed by atoms with Crippen LogP contribution in [0.15, 0.2) is 48.5 Å². The first kappa shape index (κ1) is 14.5. The molecule has 0 aliphatic rings.